The van der Waals surface area contributed by atoms with Gasteiger partial charge in [-0.3, -0.25) is 29.4 Å². The van der Waals surface area contributed by atoms with Crippen LogP contribution in [0.4, 0.5) is 5.69 Å². The zero-order valence-electron chi connectivity index (χ0n) is 16.7. The summed E-state index contributed by atoms with van der Waals surface area (Å²) in [5.74, 6) is -3.19. The molecule has 4 N–H and O–H groups in total. The molecule has 4 amide bonds. The maximum absolute atomic E-state index is 13.6. The smallest absolute Gasteiger partial charge is 0.250 e. The number of carbonyl (C=O) groups excluding carboxylic acids is 4. The molecule has 10 heteroatoms. The number of ether oxygens (including phenoxy) is 1. The minimum Gasteiger partial charge on any atom is -0.376 e. The van der Waals surface area contributed by atoms with Crippen molar-refractivity contribution in [3.63, 3.8) is 0 Å². The van der Waals surface area contributed by atoms with Crippen molar-refractivity contribution in [1.29, 1.82) is 0 Å². The molecule has 1 aromatic rings. The number of likely N-dealkylation sites (tertiary alicyclic amines) is 1. The normalized spacial score (nSPS) is 33.8. The molecule has 9 nitrogen and oxygen atoms in total. The number of fused-ring (bicyclic) bond motifs is 4. The first kappa shape index (κ1) is 20.6. The molecule has 5 atom stereocenters. The van der Waals surface area contributed by atoms with Crippen molar-refractivity contribution in [2.75, 3.05) is 18.5 Å². The van der Waals surface area contributed by atoms with Crippen molar-refractivity contribution in [3.05, 3.63) is 28.2 Å². The first-order valence-corrected chi connectivity index (χ1v) is 11.3. The number of anilines is 1. The van der Waals surface area contributed by atoms with E-state index in [-0.39, 0.29) is 43.2 Å². The molecule has 0 radical (unpaired) electrons. The number of primary amides is 1. The maximum Gasteiger partial charge on any atom is 0.250 e. The van der Waals surface area contributed by atoms with E-state index in [1.807, 2.05) is 0 Å². The maximum atomic E-state index is 13.6. The van der Waals surface area contributed by atoms with E-state index < -0.39 is 29.3 Å². The average Bonchev–Trinajstić information content (AvgIpc) is 3.46. The summed E-state index contributed by atoms with van der Waals surface area (Å²) in [5, 5.41) is 6.15. The number of benzene rings is 1. The molecule has 4 heterocycles. The Bertz CT molecular complexity index is 994. The van der Waals surface area contributed by atoms with Crippen molar-refractivity contribution >= 4 is 45.2 Å². The molecule has 0 bridgehead atoms. The van der Waals surface area contributed by atoms with Gasteiger partial charge in [-0.25, -0.2) is 0 Å². The zero-order chi connectivity index (χ0) is 21.9. The summed E-state index contributed by atoms with van der Waals surface area (Å²) in [6.45, 7) is 0.806. The number of amides is 4. The van der Waals surface area contributed by atoms with Crippen LogP contribution in [0.3, 0.4) is 0 Å². The Morgan fingerprint density at radius 3 is 2.81 bits per heavy atom. The van der Waals surface area contributed by atoms with Gasteiger partial charge >= 0.3 is 0 Å². The predicted molar refractivity (Wildman–Crippen MR) is 112 cm³/mol. The highest BCUT2D eigenvalue weighted by Gasteiger charge is 2.70. The minimum absolute atomic E-state index is 0.0527. The summed E-state index contributed by atoms with van der Waals surface area (Å²) in [5.41, 5.74) is 5.21. The Hall–Kier alpha value is -2.30. The molecule has 31 heavy (non-hydrogen) atoms. The van der Waals surface area contributed by atoms with Crippen LogP contribution in [0, 0.1) is 11.8 Å². The van der Waals surface area contributed by atoms with E-state index in [0.29, 0.717) is 17.9 Å². The number of nitrogens with zero attached hydrogens (tertiary/aromatic N) is 1. The van der Waals surface area contributed by atoms with E-state index in [2.05, 4.69) is 26.6 Å². The van der Waals surface area contributed by atoms with Crippen molar-refractivity contribution in [2.45, 2.75) is 43.4 Å². The van der Waals surface area contributed by atoms with Crippen LogP contribution in [-0.4, -0.2) is 53.8 Å². The average molecular weight is 491 g/mol. The lowest BCUT2D eigenvalue weighted by Gasteiger charge is -2.30. The van der Waals surface area contributed by atoms with Crippen molar-refractivity contribution < 1.29 is 23.9 Å². The lowest BCUT2D eigenvalue weighted by molar-refractivity contribution is -0.144. The molecular formula is C21H23BrN4O5. The van der Waals surface area contributed by atoms with Gasteiger partial charge in [-0.1, -0.05) is 15.9 Å². The lowest BCUT2D eigenvalue weighted by atomic mass is 9.76. The summed E-state index contributed by atoms with van der Waals surface area (Å²) in [7, 11) is 0. The summed E-state index contributed by atoms with van der Waals surface area (Å²) < 4.78 is 6.40. The second-order valence-corrected chi connectivity index (χ2v) is 9.55. The quantitative estimate of drug-likeness (QED) is 0.518. The third kappa shape index (κ3) is 3.03. The molecule has 5 rings (SSSR count). The van der Waals surface area contributed by atoms with Gasteiger partial charge in [0.05, 0.1) is 24.5 Å². The molecule has 0 saturated carbocycles. The molecule has 4 aliphatic rings. The molecule has 4 aliphatic heterocycles. The van der Waals surface area contributed by atoms with E-state index in [9.17, 15) is 19.2 Å². The zero-order valence-corrected chi connectivity index (χ0v) is 18.3. The monoisotopic (exact) mass is 490 g/mol. The molecule has 0 unspecified atom stereocenters. The van der Waals surface area contributed by atoms with Gasteiger partial charge in [-0.05, 0) is 37.5 Å². The largest absolute Gasteiger partial charge is 0.376 e. The number of rotatable bonds is 5. The fraction of sp³-hybridized carbons (Fsp3) is 0.524. The molecule has 0 aliphatic carbocycles. The Balaban J connectivity index is 1.57. The molecule has 1 aromatic carbocycles. The van der Waals surface area contributed by atoms with Gasteiger partial charge in [-0.2, -0.15) is 0 Å². The van der Waals surface area contributed by atoms with Crippen LogP contribution < -0.4 is 16.4 Å². The van der Waals surface area contributed by atoms with E-state index >= 15 is 0 Å². The predicted octanol–water partition coefficient (Wildman–Crippen LogP) is 0.614. The molecule has 164 valence electrons. The first-order valence-electron chi connectivity index (χ1n) is 10.5. The van der Waals surface area contributed by atoms with Crippen LogP contribution in [0.5, 0.6) is 0 Å². The highest BCUT2D eigenvalue weighted by atomic mass is 79.9. The van der Waals surface area contributed by atoms with E-state index in [0.717, 1.165) is 17.3 Å². The number of hydrogen-bond donors (Lipinski definition) is 3. The second-order valence-electron chi connectivity index (χ2n) is 8.63. The third-order valence-electron chi connectivity index (χ3n) is 6.88. The minimum atomic E-state index is -1.37. The second kappa shape index (κ2) is 7.39. The number of carbonyl (C=O) groups is 4. The Labute approximate surface area is 187 Å². The third-order valence-corrected chi connectivity index (χ3v) is 7.37. The van der Waals surface area contributed by atoms with Gasteiger partial charge in [0.2, 0.25) is 23.6 Å². The Morgan fingerprint density at radius 2 is 2.10 bits per heavy atom. The summed E-state index contributed by atoms with van der Waals surface area (Å²) in [6, 6.07) is 4.85. The number of nitrogens with two attached hydrogens (primary N) is 1. The number of imide groups is 1. The van der Waals surface area contributed by atoms with Crippen LogP contribution in [0.2, 0.25) is 0 Å². The van der Waals surface area contributed by atoms with Gasteiger partial charge in [-0.15, -0.1) is 0 Å². The van der Waals surface area contributed by atoms with Crippen molar-refractivity contribution in [2.24, 2.45) is 17.6 Å². The molecular weight excluding hydrogens is 468 g/mol. The van der Waals surface area contributed by atoms with Gasteiger partial charge in [0.15, 0.2) is 0 Å². The molecule has 3 saturated heterocycles. The fourth-order valence-corrected chi connectivity index (χ4v) is 5.91. The summed E-state index contributed by atoms with van der Waals surface area (Å²) in [4.78, 5) is 53.0. The van der Waals surface area contributed by atoms with E-state index in [1.165, 1.54) is 4.90 Å². The SMILES string of the molecule is NC(=O)CC[C@@H]1N[C@@]2(C(=O)Nc3ccc(Br)cc32)[C@H]2C(=O)N(C[C@@H]3CCCO3)C(=O)[C@@H]12. The first-order chi connectivity index (χ1) is 14.8. The van der Waals surface area contributed by atoms with Crippen LogP contribution in [0.15, 0.2) is 22.7 Å². The van der Waals surface area contributed by atoms with Crippen LogP contribution in [-0.2, 0) is 29.5 Å². The highest BCUT2D eigenvalue weighted by Crippen LogP contribution is 2.54. The Kier molecular flexibility index (Phi) is 4.91. The fourth-order valence-electron chi connectivity index (χ4n) is 5.55. The Morgan fingerprint density at radius 1 is 1.29 bits per heavy atom. The van der Waals surface area contributed by atoms with Gasteiger partial charge < -0.3 is 15.8 Å². The summed E-state index contributed by atoms with van der Waals surface area (Å²) >= 11 is 3.44. The van der Waals surface area contributed by atoms with Crippen LogP contribution >= 0.6 is 15.9 Å². The standard InChI is InChI=1S/C21H23BrN4O5/c22-10-3-4-13-12(8-10)21(20(30)24-13)17-16(14(25-21)5-6-15(23)27)18(28)26(19(17)29)9-11-2-1-7-31-11/h3-4,8,11,14,16-17,25H,1-2,5-7,9H2,(H2,23,27)(H,24,30)/t11-,14-,16-,17+,21+/m0/s1. The number of hydrogen-bond acceptors (Lipinski definition) is 6. The number of nitrogens with one attached hydrogen (secondary N) is 2. The van der Waals surface area contributed by atoms with Gasteiger partial charge in [0, 0.05) is 34.8 Å². The lowest BCUT2D eigenvalue weighted by Crippen LogP contribution is -2.53. The molecule has 3 fully saturated rings. The van der Waals surface area contributed by atoms with Gasteiger partial charge in [0.25, 0.3) is 0 Å². The van der Waals surface area contributed by atoms with Crippen molar-refractivity contribution in [3.8, 4) is 0 Å². The van der Waals surface area contributed by atoms with E-state index in [1.54, 1.807) is 18.2 Å². The summed E-state index contributed by atoms with van der Waals surface area (Å²) in [6.07, 6.45) is 1.82. The van der Waals surface area contributed by atoms with Crippen LogP contribution in [0.1, 0.15) is 31.2 Å². The van der Waals surface area contributed by atoms with Crippen molar-refractivity contribution in [1.82, 2.24) is 10.2 Å². The molecule has 1 spiro atoms. The van der Waals surface area contributed by atoms with Crippen LogP contribution in [0.25, 0.3) is 0 Å². The van der Waals surface area contributed by atoms with E-state index in [4.69, 9.17) is 10.5 Å². The number of halogens is 1. The highest BCUT2D eigenvalue weighted by molar-refractivity contribution is 9.10. The topological polar surface area (TPSA) is 131 Å². The van der Waals surface area contributed by atoms with Gasteiger partial charge in [0.1, 0.15) is 5.54 Å². The molecule has 0 aromatic heterocycles.